The molecular formula is C19H19BrN2O4S. The van der Waals surface area contributed by atoms with Gasteiger partial charge < -0.3 is 9.64 Å². The average Bonchev–Trinajstić information content (AvgIpc) is 3.12. The van der Waals surface area contributed by atoms with Crippen LogP contribution in [0.4, 0.5) is 5.69 Å². The summed E-state index contributed by atoms with van der Waals surface area (Å²) in [7, 11) is -3.54. The van der Waals surface area contributed by atoms with Crippen LogP contribution >= 0.6 is 15.9 Å². The molecule has 0 spiro atoms. The van der Waals surface area contributed by atoms with E-state index in [0.29, 0.717) is 44.8 Å². The van der Waals surface area contributed by atoms with Gasteiger partial charge in [0.2, 0.25) is 10.0 Å². The fourth-order valence-electron chi connectivity index (χ4n) is 3.47. The number of ether oxygens (including phenoxy) is 1. The molecule has 2 aromatic carbocycles. The number of carbonyl (C=O) groups is 1. The molecule has 0 aromatic heterocycles. The SMILES string of the molecule is O=C(c1ccccc1Br)N1CCc2cc(S(=O)(=O)N3CCOCC3)ccc21. The van der Waals surface area contributed by atoms with Gasteiger partial charge in [-0.15, -0.1) is 0 Å². The molecule has 1 amide bonds. The van der Waals surface area contributed by atoms with Gasteiger partial charge >= 0.3 is 0 Å². The second-order valence-electron chi connectivity index (χ2n) is 6.49. The Balaban J connectivity index is 1.63. The molecule has 0 radical (unpaired) electrons. The van der Waals surface area contributed by atoms with Crippen LogP contribution in [0.2, 0.25) is 0 Å². The Morgan fingerprint density at radius 2 is 1.78 bits per heavy atom. The van der Waals surface area contributed by atoms with E-state index in [1.165, 1.54) is 4.31 Å². The maximum absolute atomic E-state index is 12.9. The number of carbonyl (C=O) groups excluding carboxylic acids is 1. The van der Waals surface area contributed by atoms with Gasteiger partial charge in [0.15, 0.2) is 0 Å². The van der Waals surface area contributed by atoms with Crippen molar-refractivity contribution in [3.63, 3.8) is 0 Å². The summed E-state index contributed by atoms with van der Waals surface area (Å²) in [6.07, 6.45) is 0.637. The molecule has 6 nitrogen and oxygen atoms in total. The molecule has 1 saturated heterocycles. The Morgan fingerprint density at radius 3 is 2.52 bits per heavy atom. The van der Waals surface area contributed by atoms with Crippen molar-refractivity contribution in [2.45, 2.75) is 11.3 Å². The zero-order valence-corrected chi connectivity index (χ0v) is 17.0. The molecule has 142 valence electrons. The molecule has 2 aliphatic rings. The van der Waals surface area contributed by atoms with Gasteiger partial charge in [0, 0.05) is 29.8 Å². The highest BCUT2D eigenvalue weighted by molar-refractivity contribution is 9.10. The van der Waals surface area contributed by atoms with E-state index >= 15 is 0 Å². The molecule has 1 fully saturated rings. The van der Waals surface area contributed by atoms with Crippen molar-refractivity contribution in [3.05, 3.63) is 58.1 Å². The third-order valence-corrected chi connectivity index (χ3v) is 7.49. The van der Waals surface area contributed by atoms with E-state index < -0.39 is 10.0 Å². The number of sulfonamides is 1. The van der Waals surface area contributed by atoms with E-state index in [2.05, 4.69) is 15.9 Å². The van der Waals surface area contributed by atoms with Crippen LogP contribution in [-0.2, 0) is 21.2 Å². The number of hydrogen-bond donors (Lipinski definition) is 0. The lowest BCUT2D eigenvalue weighted by molar-refractivity contribution is 0.0730. The number of morpholine rings is 1. The van der Waals surface area contributed by atoms with Crippen LogP contribution in [0.1, 0.15) is 15.9 Å². The summed E-state index contributed by atoms with van der Waals surface area (Å²) in [5, 5.41) is 0. The molecule has 27 heavy (non-hydrogen) atoms. The summed E-state index contributed by atoms with van der Waals surface area (Å²) < 4.78 is 33.1. The molecule has 0 aliphatic carbocycles. The number of hydrogen-bond acceptors (Lipinski definition) is 4. The highest BCUT2D eigenvalue weighted by Crippen LogP contribution is 2.33. The molecular weight excluding hydrogens is 432 g/mol. The number of anilines is 1. The van der Waals surface area contributed by atoms with Crippen molar-refractivity contribution in [2.24, 2.45) is 0 Å². The van der Waals surface area contributed by atoms with Gasteiger partial charge in [-0.3, -0.25) is 4.79 Å². The molecule has 0 unspecified atom stereocenters. The largest absolute Gasteiger partial charge is 0.379 e. The van der Waals surface area contributed by atoms with E-state index in [-0.39, 0.29) is 10.8 Å². The van der Waals surface area contributed by atoms with Crippen molar-refractivity contribution >= 4 is 37.5 Å². The maximum atomic E-state index is 12.9. The lowest BCUT2D eigenvalue weighted by Gasteiger charge is -2.26. The number of halogens is 1. The van der Waals surface area contributed by atoms with Crippen LogP contribution in [-0.4, -0.2) is 51.5 Å². The van der Waals surface area contributed by atoms with Crippen molar-refractivity contribution in [2.75, 3.05) is 37.7 Å². The molecule has 0 bridgehead atoms. The Morgan fingerprint density at radius 1 is 1.04 bits per heavy atom. The van der Waals surface area contributed by atoms with Gasteiger partial charge in [0.1, 0.15) is 0 Å². The van der Waals surface area contributed by atoms with Gasteiger partial charge in [0.25, 0.3) is 5.91 Å². The van der Waals surface area contributed by atoms with Crippen molar-refractivity contribution in [3.8, 4) is 0 Å². The first-order valence-corrected chi connectivity index (χ1v) is 11.0. The van der Waals surface area contributed by atoms with E-state index in [1.54, 1.807) is 29.2 Å². The topological polar surface area (TPSA) is 66.9 Å². The van der Waals surface area contributed by atoms with Crippen LogP contribution < -0.4 is 4.90 Å². The zero-order valence-electron chi connectivity index (χ0n) is 14.6. The van der Waals surface area contributed by atoms with E-state index in [1.807, 2.05) is 18.2 Å². The van der Waals surface area contributed by atoms with Gasteiger partial charge in [-0.2, -0.15) is 4.31 Å². The summed E-state index contributed by atoms with van der Waals surface area (Å²) in [4.78, 5) is 14.9. The summed E-state index contributed by atoms with van der Waals surface area (Å²) in [5.74, 6) is -0.0926. The molecule has 0 N–H and O–H groups in total. The third-order valence-electron chi connectivity index (χ3n) is 4.90. The van der Waals surface area contributed by atoms with Crippen LogP contribution in [0.25, 0.3) is 0 Å². The fourth-order valence-corrected chi connectivity index (χ4v) is 5.38. The molecule has 2 aliphatic heterocycles. The Labute approximate surface area is 166 Å². The minimum Gasteiger partial charge on any atom is -0.379 e. The van der Waals surface area contributed by atoms with Crippen LogP contribution in [0.3, 0.4) is 0 Å². The van der Waals surface area contributed by atoms with Gasteiger partial charge in [-0.05, 0) is 58.2 Å². The molecule has 8 heteroatoms. The van der Waals surface area contributed by atoms with Crippen LogP contribution in [0, 0.1) is 0 Å². The standard InChI is InChI=1S/C19H19BrN2O4S/c20-17-4-2-1-3-16(17)19(23)22-8-7-14-13-15(5-6-18(14)22)27(24,25)21-9-11-26-12-10-21/h1-6,13H,7-12H2. The smallest absolute Gasteiger partial charge is 0.259 e. The summed E-state index contributed by atoms with van der Waals surface area (Å²) in [5.41, 5.74) is 2.25. The second kappa shape index (κ2) is 7.35. The minimum absolute atomic E-state index is 0.0926. The second-order valence-corrected chi connectivity index (χ2v) is 9.29. The summed E-state index contributed by atoms with van der Waals surface area (Å²) in [6, 6.07) is 12.3. The van der Waals surface area contributed by atoms with E-state index in [4.69, 9.17) is 4.74 Å². The quantitative estimate of drug-likeness (QED) is 0.720. The normalized spacial score (nSPS) is 17.7. The molecule has 2 heterocycles. The number of nitrogens with zero attached hydrogens (tertiary/aromatic N) is 2. The first-order valence-electron chi connectivity index (χ1n) is 8.76. The zero-order chi connectivity index (χ0) is 19.0. The van der Waals surface area contributed by atoms with Crippen LogP contribution in [0.5, 0.6) is 0 Å². The number of rotatable bonds is 3. The first kappa shape index (κ1) is 18.6. The van der Waals surface area contributed by atoms with Crippen molar-refractivity contribution in [1.29, 1.82) is 0 Å². The third kappa shape index (κ3) is 3.42. The van der Waals surface area contributed by atoms with Crippen molar-refractivity contribution < 1.29 is 17.9 Å². The first-order chi connectivity index (χ1) is 13.0. The Kier molecular flexibility index (Phi) is 5.07. The summed E-state index contributed by atoms with van der Waals surface area (Å²) >= 11 is 3.42. The lowest BCUT2D eigenvalue weighted by atomic mass is 10.1. The van der Waals surface area contributed by atoms with E-state index in [0.717, 1.165) is 15.7 Å². The predicted molar refractivity (Wildman–Crippen MR) is 106 cm³/mol. The number of fused-ring (bicyclic) bond motifs is 1. The monoisotopic (exact) mass is 450 g/mol. The lowest BCUT2D eigenvalue weighted by Crippen LogP contribution is -2.40. The van der Waals surface area contributed by atoms with Gasteiger partial charge in [-0.1, -0.05) is 12.1 Å². The number of amides is 1. The molecule has 4 rings (SSSR count). The molecule has 0 atom stereocenters. The Bertz CT molecular complexity index is 987. The highest BCUT2D eigenvalue weighted by Gasteiger charge is 2.31. The fraction of sp³-hybridized carbons (Fsp3) is 0.316. The van der Waals surface area contributed by atoms with Gasteiger partial charge in [-0.25, -0.2) is 8.42 Å². The minimum atomic E-state index is -3.54. The van der Waals surface area contributed by atoms with Crippen LogP contribution in [0.15, 0.2) is 51.8 Å². The van der Waals surface area contributed by atoms with Crippen molar-refractivity contribution in [1.82, 2.24) is 4.31 Å². The maximum Gasteiger partial charge on any atom is 0.259 e. The predicted octanol–water partition coefficient (Wildman–Crippen LogP) is 2.67. The van der Waals surface area contributed by atoms with E-state index in [9.17, 15) is 13.2 Å². The molecule has 2 aromatic rings. The number of benzene rings is 2. The Hall–Kier alpha value is -1.74. The molecule has 0 saturated carbocycles. The highest BCUT2D eigenvalue weighted by atomic mass is 79.9. The summed E-state index contributed by atoms with van der Waals surface area (Å²) in [6.45, 7) is 2.10. The van der Waals surface area contributed by atoms with Gasteiger partial charge in [0.05, 0.1) is 23.7 Å². The average molecular weight is 451 g/mol.